The molecule has 558 valence electrons. The summed E-state index contributed by atoms with van der Waals surface area (Å²) in [5, 5.41) is 10.6. The number of phosphoric acid groups is 2. The maximum atomic E-state index is 13.1. The molecule has 5 atom stereocenters. The molecule has 0 aromatic heterocycles. The Morgan fingerprint density at radius 3 is 0.959 bits per heavy atom. The highest BCUT2D eigenvalue weighted by Crippen LogP contribution is 2.45. The molecule has 0 amide bonds. The number of ether oxygens (including phenoxy) is 4. The second-order valence-electron chi connectivity index (χ2n) is 24.1. The molecule has 98 heavy (non-hydrogen) atoms. The van der Waals surface area contributed by atoms with Crippen LogP contribution in [-0.2, 0) is 65.4 Å². The van der Waals surface area contributed by atoms with Gasteiger partial charge in [-0.2, -0.15) is 0 Å². The second kappa shape index (κ2) is 70.4. The number of phosphoric ester groups is 2. The number of rotatable bonds is 68. The van der Waals surface area contributed by atoms with E-state index < -0.39 is 97.5 Å². The molecule has 0 aromatic carbocycles. The van der Waals surface area contributed by atoms with Crippen molar-refractivity contribution in [2.45, 2.75) is 290 Å². The van der Waals surface area contributed by atoms with E-state index in [1.165, 1.54) is 57.8 Å². The molecule has 5 unspecified atom stereocenters. The fourth-order valence-corrected chi connectivity index (χ4v) is 10.8. The largest absolute Gasteiger partial charge is 0.472 e. The molecule has 0 saturated carbocycles. The lowest BCUT2D eigenvalue weighted by Crippen LogP contribution is -2.30. The van der Waals surface area contributed by atoms with Gasteiger partial charge in [0, 0.05) is 19.3 Å². The van der Waals surface area contributed by atoms with Gasteiger partial charge >= 0.3 is 39.5 Å². The van der Waals surface area contributed by atoms with Gasteiger partial charge in [0.15, 0.2) is 12.2 Å². The van der Waals surface area contributed by atoms with E-state index in [1.54, 1.807) is 6.08 Å². The smallest absolute Gasteiger partial charge is 0.462 e. The molecule has 0 saturated heterocycles. The van der Waals surface area contributed by atoms with Crippen LogP contribution in [-0.4, -0.2) is 96.7 Å². The Morgan fingerprint density at radius 2 is 0.582 bits per heavy atom. The average Bonchev–Trinajstić information content (AvgIpc) is 0.986. The van der Waals surface area contributed by atoms with Crippen LogP contribution in [0.3, 0.4) is 0 Å². The first-order chi connectivity index (χ1) is 47.7. The average molecular weight is 1410 g/mol. The third kappa shape index (κ3) is 69.4. The second-order valence-corrected chi connectivity index (χ2v) is 27.0. The summed E-state index contributed by atoms with van der Waals surface area (Å²) in [6, 6.07) is 0. The molecule has 17 nitrogen and oxygen atoms in total. The molecule has 19 heteroatoms. The SMILES string of the molecule is CC/C=C\C/C=C\C/C=C\C/C=C\C/C=C\CCCC(=O)OCC(COP(=O)(O)OCC(O)COP(=O)(O)OCC(COC(=O)C/C=C\C/C=C\C/C=C\C/C=C\C/C=C\CC)OC(=O)CCCCCCC/C=C\C/C=C\CCCCC)OC(=O)CCCCCCCCCCCCC. The number of aliphatic hydroxyl groups is 1. The highest BCUT2D eigenvalue weighted by molar-refractivity contribution is 7.47. The molecule has 0 fully saturated rings. The molecular formula is C79H130O17P2. The topological polar surface area (TPSA) is 237 Å². The zero-order valence-electron chi connectivity index (χ0n) is 60.7. The van der Waals surface area contributed by atoms with Crippen LogP contribution in [0.5, 0.6) is 0 Å². The number of carbonyl (C=O) groups is 4. The minimum absolute atomic E-state index is 0.0546. The predicted octanol–water partition coefficient (Wildman–Crippen LogP) is 21.1. The Bertz CT molecular complexity index is 2430. The summed E-state index contributed by atoms with van der Waals surface area (Å²) >= 11 is 0. The van der Waals surface area contributed by atoms with Crippen molar-refractivity contribution >= 4 is 39.5 Å². The summed E-state index contributed by atoms with van der Waals surface area (Å²) in [5.74, 6) is -2.41. The third-order valence-electron chi connectivity index (χ3n) is 14.8. The summed E-state index contributed by atoms with van der Waals surface area (Å²) in [6.45, 7) is 4.39. The summed E-state index contributed by atoms with van der Waals surface area (Å²) in [4.78, 5) is 72.7. The lowest BCUT2D eigenvalue weighted by atomic mass is 10.1. The van der Waals surface area contributed by atoms with Gasteiger partial charge in [0.05, 0.1) is 32.8 Å². The normalized spacial score (nSPS) is 14.8. The van der Waals surface area contributed by atoms with Crippen molar-refractivity contribution in [2.24, 2.45) is 0 Å². The molecular weight excluding hydrogens is 1280 g/mol. The van der Waals surface area contributed by atoms with Gasteiger partial charge in [-0.1, -0.05) is 270 Å². The number of hydrogen-bond acceptors (Lipinski definition) is 15. The number of allylic oxidation sites excluding steroid dienone is 23. The molecule has 0 heterocycles. The number of unbranched alkanes of at least 4 members (excludes halogenated alkanes) is 19. The molecule has 0 bridgehead atoms. The van der Waals surface area contributed by atoms with E-state index in [4.69, 9.17) is 37.0 Å². The Labute approximate surface area is 592 Å². The third-order valence-corrected chi connectivity index (χ3v) is 16.7. The number of aliphatic hydroxyl groups excluding tert-OH is 1. The number of esters is 4. The van der Waals surface area contributed by atoms with E-state index in [9.17, 15) is 43.2 Å². The lowest BCUT2D eigenvalue weighted by molar-refractivity contribution is -0.161. The van der Waals surface area contributed by atoms with E-state index in [2.05, 4.69) is 137 Å². The fraction of sp³-hybridized carbons (Fsp3) is 0.646. The minimum atomic E-state index is -5.00. The number of hydrogen-bond donors (Lipinski definition) is 3. The standard InChI is InChI=1S/C79H130O17P2/c1-5-9-13-17-21-25-29-32-35-36-39-41-45-48-52-56-60-64-77(82)89-69-74(95-78(83)65-61-57-53-49-43-28-24-20-16-12-8-4)71-93-97(85,86)91-67-73(80)68-92-98(87,88)94-72-75(96-79(84)66-62-58-54-50-46-42-38-34-31-27-23-19-15-11-7-3)70-90-76(81)63-59-55-51-47-44-40-37-33-30-26-22-18-14-10-6-2/h9-10,13-14,21-23,25-27,32-35,37-39,41,44,47-48,52,55,59,73-75,80H,5-8,11-12,15-20,24,28-31,36,40,42-43,45-46,49-51,53-54,56-58,60-72H2,1-4H3,(H,85,86)(H,87,88)/b13-9-,14-10-,25-21-,26-22-,27-23-,35-32-,37-33-,38-34-,41-39-,47-44-,52-48-,59-55-. The van der Waals surface area contributed by atoms with Crippen molar-refractivity contribution in [3.05, 3.63) is 146 Å². The lowest BCUT2D eigenvalue weighted by Gasteiger charge is -2.21. The predicted molar refractivity (Wildman–Crippen MR) is 399 cm³/mol. The highest BCUT2D eigenvalue weighted by Gasteiger charge is 2.30. The summed E-state index contributed by atoms with van der Waals surface area (Å²) in [7, 11) is -9.99. The zero-order valence-corrected chi connectivity index (χ0v) is 62.4. The van der Waals surface area contributed by atoms with E-state index in [1.807, 2.05) is 30.4 Å². The van der Waals surface area contributed by atoms with Crippen molar-refractivity contribution in [1.82, 2.24) is 0 Å². The molecule has 0 aliphatic heterocycles. The van der Waals surface area contributed by atoms with Gasteiger partial charge in [-0.25, -0.2) is 9.13 Å². The Hall–Kier alpha value is -5.06. The molecule has 3 N–H and O–H groups in total. The van der Waals surface area contributed by atoms with Gasteiger partial charge in [0.25, 0.3) is 0 Å². The quantitative estimate of drug-likeness (QED) is 0.0169. The van der Waals surface area contributed by atoms with Gasteiger partial charge in [-0.3, -0.25) is 37.3 Å². The van der Waals surface area contributed by atoms with E-state index in [0.29, 0.717) is 32.1 Å². The zero-order chi connectivity index (χ0) is 71.8. The van der Waals surface area contributed by atoms with Crippen LogP contribution >= 0.6 is 15.6 Å². The highest BCUT2D eigenvalue weighted by atomic mass is 31.2. The van der Waals surface area contributed by atoms with Crippen LogP contribution in [0.15, 0.2) is 146 Å². The van der Waals surface area contributed by atoms with Crippen LogP contribution < -0.4 is 0 Å². The Balaban J connectivity index is 5.46. The fourth-order valence-electron chi connectivity index (χ4n) is 9.24. The van der Waals surface area contributed by atoms with Crippen molar-refractivity contribution in [3.63, 3.8) is 0 Å². The maximum Gasteiger partial charge on any atom is 0.472 e. The summed E-state index contributed by atoms with van der Waals surface area (Å²) in [5.41, 5.74) is 0. The number of carbonyl (C=O) groups excluding carboxylic acids is 4. The summed E-state index contributed by atoms with van der Waals surface area (Å²) in [6.07, 6.45) is 78.9. The Morgan fingerprint density at radius 1 is 0.306 bits per heavy atom. The molecule has 0 aromatic rings. The van der Waals surface area contributed by atoms with Crippen LogP contribution in [0.4, 0.5) is 0 Å². The van der Waals surface area contributed by atoms with E-state index in [0.717, 1.165) is 128 Å². The van der Waals surface area contributed by atoms with Gasteiger partial charge in [-0.05, 0) is 122 Å². The van der Waals surface area contributed by atoms with Crippen molar-refractivity contribution < 1.29 is 80.2 Å². The molecule has 0 aliphatic rings. The van der Waals surface area contributed by atoms with Crippen LogP contribution in [0.1, 0.15) is 272 Å². The van der Waals surface area contributed by atoms with Crippen molar-refractivity contribution in [2.75, 3.05) is 39.6 Å². The van der Waals surface area contributed by atoms with Crippen LogP contribution in [0, 0.1) is 0 Å². The van der Waals surface area contributed by atoms with Gasteiger partial charge in [-0.15, -0.1) is 0 Å². The van der Waals surface area contributed by atoms with Crippen LogP contribution in [0.25, 0.3) is 0 Å². The van der Waals surface area contributed by atoms with Crippen molar-refractivity contribution in [3.8, 4) is 0 Å². The van der Waals surface area contributed by atoms with E-state index >= 15 is 0 Å². The van der Waals surface area contributed by atoms with Gasteiger partial charge in [0.2, 0.25) is 0 Å². The first-order valence-electron chi connectivity index (χ1n) is 37.1. The maximum absolute atomic E-state index is 13.1. The van der Waals surface area contributed by atoms with Crippen molar-refractivity contribution in [1.29, 1.82) is 0 Å². The summed E-state index contributed by atoms with van der Waals surface area (Å²) < 4.78 is 68.2. The Kier molecular flexibility index (Phi) is 66.7. The van der Waals surface area contributed by atoms with Gasteiger partial charge in [0.1, 0.15) is 19.3 Å². The molecule has 0 spiro atoms. The molecule has 0 rings (SSSR count). The molecule has 0 radical (unpaired) electrons. The molecule has 0 aliphatic carbocycles. The first kappa shape index (κ1) is 92.9. The van der Waals surface area contributed by atoms with Gasteiger partial charge < -0.3 is 33.8 Å². The monoisotopic (exact) mass is 1410 g/mol. The minimum Gasteiger partial charge on any atom is -0.462 e. The van der Waals surface area contributed by atoms with E-state index in [-0.39, 0.29) is 25.7 Å². The first-order valence-corrected chi connectivity index (χ1v) is 40.1. The van der Waals surface area contributed by atoms with Crippen LogP contribution in [0.2, 0.25) is 0 Å².